The van der Waals surface area contributed by atoms with Gasteiger partial charge in [0.25, 0.3) is 0 Å². The Morgan fingerprint density at radius 2 is 0.870 bits per heavy atom. The molecule has 0 atom stereocenters. The highest BCUT2D eigenvalue weighted by Crippen LogP contribution is 2.25. The van der Waals surface area contributed by atoms with Crippen LogP contribution in [-0.2, 0) is 0 Å². The highest BCUT2D eigenvalue weighted by Gasteiger charge is 2.09. The first-order valence-corrected chi connectivity index (χ1v) is 11.1. The van der Waals surface area contributed by atoms with Crippen molar-refractivity contribution in [2.75, 3.05) is 6.54 Å². The molecule has 1 heteroatoms. The summed E-state index contributed by atoms with van der Waals surface area (Å²) >= 11 is 0. The molecule has 0 aromatic heterocycles. The number of hydrogen-bond donors (Lipinski definition) is 1. The summed E-state index contributed by atoms with van der Waals surface area (Å²) in [5.41, 5.74) is 5.60. The van der Waals surface area contributed by atoms with Crippen molar-refractivity contribution in [3.05, 3.63) is 0 Å². The normalized spacial score (nSPS) is 21.3. The molecule has 0 aromatic rings. The van der Waals surface area contributed by atoms with E-state index < -0.39 is 0 Å². The summed E-state index contributed by atoms with van der Waals surface area (Å²) in [6.45, 7) is 0.878. The molecule has 0 bridgehead atoms. The largest absolute Gasteiger partial charge is 0.330 e. The van der Waals surface area contributed by atoms with Crippen LogP contribution in [0.2, 0.25) is 0 Å². The lowest BCUT2D eigenvalue weighted by Gasteiger charge is -2.17. The molecule has 0 unspecified atom stereocenters. The predicted octanol–water partition coefficient (Wildman–Crippen LogP) is 7.38. The Morgan fingerprint density at radius 1 is 0.478 bits per heavy atom. The fourth-order valence-electron chi connectivity index (χ4n) is 4.17. The average molecular weight is 324 g/mol. The lowest BCUT2D eigenvalue weighted by molar-refractivity contribution is 0.364. The van der Waals surface area contributed by atoms with E-state index in [1.165, 1.54) is 128 Å². The van der Waals surface area contributed by atoms with Gasteiger partial charge >= 0.3 is 0 Å². The third-order valence-corrected chi connectivity index (χ3v) is 5.79. The molecule has 1 nitrogen and oxygen atoms in total. The first-order valence-electron chi connectivity index (χ1n) is 11.1. The van der Waals surface area contributed by atoms with E-state index in [0.29, 0.717) is 0 Å². The van der Waals surface area contributed by atoms with Gasteiger partial charge in [-0.2, -0.15) is 0 Å². The Kier molecular flexibility index (Phi) is 15.3. The van der Waals surface area contributed by atoms with Gasteiger partial charge in [-0.15, -0.1) is 0 Å². The van der Waals surface area contributed by atoms with E-state index in [2.05, 4.69) is 0 Å². The summed E-state index contributed by atoms with van der Waals surface area (Å²) in [7, 11) is 0. The van der Waals surface area contributed by atoms with Crippen molar-refractivity contribution in [3.63, 3.8) is 0 Å². The predicted molar refractivity (Wildman–Crippen MR) is 105 cm³/mol. The zero-order valence-electron chi connectivity index (χ0n) is 16.0. The van der Waals surface area contributed by atoms with Crippen LogP contribution in [0, 0.1) is 5.92 Å². The molecule has 2 N–H and O–H groups in total. The zero-order valence-corrected chi connectivity index (χ0v) is 16.0. The van der Waals surface area contributed by atoms with Crippen LogP contribution in [0.15, 0.2) is 0 Å². The maximum atomic E-state index is 5.60. The third kappa shape index (κ3) is 14.0. The van der Waals surface area contributed by atoms with Crippen LogP contribution in [0.1, 0.15) is 128 Å². The Bertz CT molecular complexity index is 210. The molecule has 0 saturated heterocycles. The minimum atomic E-state index is 0.878. The van der Waals surface area contributed by atoms with Gasteiger partial charge in [0.15, 0.2) is 0 Å². The van der Waals surface area contributed by atoms with E-state index in [4.69, 9.17) is 5.73 Å². The summed E-state index contributed by atoms with van der Waals surface area (Å²) < 4.78 is 0. The molecule has 138 valence electrons. The van der Waals surface area contributed by atoms with Crippen LogP contribution in [0.3, 0.4) is 0 Å². The van der Waals surface area contributed by atoms with Gasteiger partial charge in [-0.3, -0.25) is 0 Å². The standard InChI is InChI=1S/C22H45N/c23-21-17-13-12-16-20-22-18-14-10-8-6-4-2-1-3-5-7-9-11-15-19-22/h22H,1-21,23H2. The Morgan fingerprint density at radius 3 is 1.30 bits per heavy atom. The van der Waals surface area contributed by atoms with Gasteiger partial charge in [-0.25, -0.2) is 0 Å². The van der Waals surface area contributed by atoms with Crippen molar-refractivity contribution >= 4 is 0 Å². The van der Waals surface area contributed by atoms with E-state index >= 15 is 0 Å². The van der Waals surface area contributed by atoms with Crippen LogP contribution < -0.4 is 5.73 Å². The maximum absolute atomic E-state index is 5.60. The number of unbranched alkanes of at least 4 members (excludes halogenated alkanes) is 3. The van der Waals surface area contributed by atoms with Crippen molar-refractivity contribution in [3.8, 4) is 0 Å². The molecule has 0 spiro atoms. The Hall–Kier alpha value is -0.0400. The van der Waals surface area contributed by atoms with Crippen molar-refractivity contribution in [1.29, 1.82) is 0 Å². The topological polar surface area (TPSA) is 26.0 Å². The van der Waals surface area contributed by atoms with E-state index in [1.54, 1.807) is 0 Å². The summed E-state index contributed by atoms with van der Waals surface area (Å²) in [5, 5.41) is 0. The SMILES string of the molecule is NCCCCCCC1CCCCCCCCCCCCCCC1. The van der Waals surface area contributed by atoms with Gasteiger partial charge in [0.2, 0.25) is 0 Å². The summed E-state index contributed by atoms with van der Waals surface area (Å²) in [6.07, 6.45) is 29.3. The summed E-state index contributed by atoms with van der Waals surface area (Å²) in [5.74, 6) is 1.03. The summed E-state index contributed by atoms with van der Waals surface area (Å²) in [6, 6.07) is 0. The van der Waals surface area contributed by atoms with Crippen molar-refractivity contribution in [1.82, 2.24) is 0 Å². The molecule has 1 aliphatic carbocycles. The first-order chi connectivity index (χ1) is 11.4. The van der Waals surface area contributed by atoms with Crippen LogP contribution in [-0.4, -0.2) is 6.54 Å². The smallest absolute Gasteiger partial charge is 0.00773 e. The molecule has 1 fully saturated rings. The average Bonchev–Trinajstić information content (AvgIpc) is 2.56. The van der Waals surface area contributed by atoms with Gasteiger partial charge in [0, 0.05) is 0 Å². The molecule has 1 rings (SSSR count). The second kappa shape index (κ2) is 16.8. The van der Waals surface area contributed by atoms with E-state index in [1.807, 2.05) is 0 Å². The first kappa shape index (κ1) is 21.0. The molecule has 23 heavy (non-hydrogen) atoms. The van der Waals surface area contributed by atoms with E-state index in [9.17, 15) is 0 Å². The number of nitrogens with two attached hydrogens (primary N) is 1. The monoisotopic (exact) mass is 323 g/mol. The van der Waals surface area contributed by atoms with Crippen molar-refractivity contribution < 1.29 is 0 Å². The maximum Gasteiger partial charge on any atom is -0.00773 e. The second-order valence-electron chi connectivity index (χ2n) is 8.03. The second-order valence-corrected chi connectivity index (χ2v) is 8.03. The molecular formula is C22H45N. The summed E-state index contributed by atoms with van der Waals surface area (Å²) in [4.78, 5) is 0. The Labute approximate surface area is 147 Å². The lowest BCUT2D eigenvalue weighted by atomic mass is 9.89. The van der Waals surface area contributed by atoms with Crippen LogP contribution in [0.25, 0.3) is 0 Å². The molecule has 0 radical (unpaired) electrons. The molecule has 0 heterocycles. The van der Waals surface area contributed by atoms with Crippen molar-refractivity contribution in [2.45, 2.75) is 128 Å². The van der Waals surface area contributed by atoms with Gasteiger partial charge in [0.05, 0.1) is 0 Å². The van der Waals surface area contributed by atoms with Crippen LogP contribution in [0.5, 0.6) is 0 Å². The quantitative estimate of drug-likeness (QED) is 0.507. The molecule has 1 saturated carbocycles. The minimum Gasteiger partial charge on any atom is -0.330 e. The fourth-order valence-corrected chi connectivity index (χ4v) is 4.17. The van der Waals surface area contributed by atoms with Gasteiger partial charge < -0.3 is 5.73 Å². The highest BCUT2D eigenvalue weighted by molar-refractivity contribution is 4.62. The number of hydrogen-bond acceptors (Lipinski definition) is 1. The third-order valence-electron chi connectivity index (χ3n) is 5.79. The fraction of sp³-hybridized carbons (Fsp3) is 1.00. The molecule has 0 aliphatic heterocycles. The van der Waals surface area contributed by atoms with Crippen molar-refractivity contribution in [2.24, 2.45) is 11.7 Å². The lowest BCUT2D eigenvalue weighted by Crippen LogP contribution is -2.02. The molecule has 1 aliphatic rings. The zero-order chi connectivity index (χ0) is 16.4. The Balaban J connectivity index is 2.18. The minimum absolute atomic E-state index is 0.878. The van der Waals surface area contributed by atoms with Gasteiger partial charge in [0.1, 0.15) is 0 Å². The van der Waals surface area contributed by atoms with Gasteiger partial charge in [-0.1, -0.05) is 122 Å². The van der Waals surface area contributed by atoms with Gasteiger partial charge in [-0.05, 0) is 18.9 Å². The van der Waals surface area contributed by atoms with E-state index in [-0.39, 0.29) is 0 Å². The molecule has 0 aromatic carbocycles. The number of rotatable bonds is 6. The van der Waals surface area contributed by atoms with Crippen LogP contribution in [0.4, 0.5) is 0 Å². The molecular weight excluding hydrogens is 278 g/mol. The van der Waals surface area contributed by atoms with Crippen LogP contribution >= 0.6 is 0 Å². The highest BCUT2D eigenvalue weighted by atomic mass is 14.5. The molecule has 0 amide bonds. The van der Waals surface area contributed by atoms with E-state index in [0.717, 1.165) is 12.5 Å².